The molecule has 0 atom stereocenters. The number of benzene rings is 3. The predicted molar refractivity (Wildman–Crippen MR) is 157 cm³/mol. The molecule has 4 aromatic rings. The van der Waals surface area contributed by atoms with E-state index < -0.39 is 0 Å². The standard InChI is InChI=1S/C28H29N7O6/c1-38-22-12-17(10-20(36)26(22)40-3)15-29-34-25-14-24(31-19-8-6-5-7-9-19)32-28(33-25)35-30-16-18-11-21(37)27(41-4)23(13-18)39-2/h5-16,36-37H,1-4H3,(H3,31,32,33,34,35). The van der Waals surface area contributed by atoms with Gasteiger partial charge in [0.05, 0.1) is 40.9 Å². The SMILES string of the molecule is COc1cc(C=NNc2cc(Nc3ccccc3)nc(NN=Cc3cc(O)c(OC)c(OC)c3)n2)cc(O)c1OC. The quantitative estimate of drug-likeness (QED) is 0.122. The molecule has 13 heteroatoms. The number of hydrazone groups is 2. The third-order valence-electron chi connectivity index (χ3n) is 5.51. The Kier molecular flexibility index (Phi) is 9.23. The second kappa shape index (κ2) is 13.4. The fourth-order valence-electron chi connectivity index (χ4n) is 3.70. The van der Waals surface area contributed by atoms with Crippen LogP contribution in [0.15, 0.2) is 70.9 Å². The van der Waals surface area contributed by atoms with Gasteiger partial charge in [0.15, 0.2) is 28.8 Å². The van der Waals surface area contributed by atoms with E-state index in [1.807, 2.05) is 30.3 Å². The summed E-state index contributed by atoms with van der Waals surface area (Å²) in [6.07, 6.45) is 2.96. The van der Waals surface area contributed by atoms with E-state index in [9.17, 15) is 10.2 Å². The van der Waals surface area contributed by atoms with Crippen molar-refractivity contribution in [1.29, 1.82) is 0 Å². The Morgan fingerprint density at radius 1 is 0.659 bits per heavy atom. The zero-order chi connectivity index (χ0) is 29.2. The second-order valence-electron chi connectivity index (χ2n) is 8.24. The molecule has 1 heterocycles. The maximum atomic E-state index is 10.2. The van der Waals surface area contributed by atoms with E-state index in [2.05, 4.69) is 36.3 Å². The number of nitrogens with one attached hydrogen (secondary N) is 3. The number of para-hydroxylation sites is 1. The summed E-state index contributed by atoms with van der Waals surface area (Å²) in [5.41, 5.74) is 7.57. The van der Waals surface area contributed by atoms with E-state index in [0.717, 1.165) is 5.69 Å². The van der Waals surface area contributed by atoms with Gasteiger partial charge in [-0.25, -0.2) is 5.43 Å². The molecule has 3 aromatic carbocycles. The highest BCUT2D eigenvalue weighted by Gasteiger charge is 2.12. The number of hydrogen-bond acceptors (Lipinski definition) is 13. The Hall–Kier alpha value is -5.72. The van der Waals surface area contributed by atoms with E-state index in [-0.39, 0.29) is 28.9 Å². The lowest BCUT2D eigenvalue weighted by molar-refractivity contribution is 0.333. The zero-order valence-corrected chi connectivity index (χ0v) is 22.7. The second-order valence-corrected chi connectivity index (χ2v) is 8.24. The molecule has 0 fully saturated rings. The largest absolute Gasteiger partial charge is 0.504 e. The van der Waals surface area contributed by atoms with Crippen LogP contribution in [0.4, 0.5) is 23.3 Å². The average Bonchev–Trinajstić information content (AvgIpc) is 2.97. The minimum Gasteiger partial charge on any atom is -0.504 e. The van der Waals surface area contributed by atoms with Crippen LogP contribution in [0.3, 0.4) is 0 Å². The molecule has 0 saturated heterocycles. The Morgan fingerprint density at radius 2 is 1.20 bits per heavy atom. The number of phenolic OH excluding ortho intramolecular Hbond substituents is 2. The van der Waals surface area contributed by atoms with Gasteiger partial charge in [0.25, 0.3) is 0 Å². The van der Waals surface area contributed by atoms with E-state index in [1.54, 1.807) is 18.2 Å². The van der Waals surface area contributed by atoms with Crippen molar-refractivity contribution < 1.29 is 29.2 Å². The number of nitrogens with zero attached hydrogens (tertiary/aromatic N) is 4. The van der Waals surface area contributed by atoms with E-state index >= 15 is 0 Å². The van der Waals surface area contributed by atoms with Gasteiger partial charge in [0.2, 0.25) is 17.4 Å². The van der Waals surface area contributed by atoms with Crippen LogP contribution in [-0.4, -0.2) is 61.0 Å². The molecule has 0 aliphatic carbocycles. The van der Waals surface area contributed by atoms with Crippen molar-refractivity contribution >= 4 is 35.7 Å². The van der Waals surface area contributed by atoms with Crippen molar-refractivity contribution in [3.63, 3.8) is 0 Å². The molecule has 0 saturated carbocycles. The van der Waals surface area contributed by atoms with Gasteiger partial charge in [-0.2, -0.15) is 20.2 Å². The maximum absolute atomic E-state index is 10.2. The predicted octanol–water partition coefficient (Wildman–Crippen LogP) is 4.56. The summed E-state index contributed by atoms with van der Waals surface area (Å²) in [6, 6.07) is 17.4. The number of aromatic hydroxyl groups is 2. The first-order valence-electron chi connectivity index (χ1n) is 12.1. The Labute approximate surface area is 236 Å². The molecular formula is C28H29N7O6. The number of aromatic nitrogens is 2. The van der Waals surface area contributed by atoms with Crippen molar-refractivity contribution in [2.24, 2.45) is 10.2 Å². The minimum absolute atomic E-state index is 0.0863. The molecular weight excluding hydrogens is 530 g/mol. The van der Waals surface area contributed by atoms with Gasteiger partial charge >= 0.3 is 0 Å². The van der Waals surface area contributed by atoms with Crippen LogP contribution in [-0.2, 0) is 0 Å². The molecule has 0 aliphatic heterocycles. The molecule has 13 nitrogen and oxygen atoms in total. The number of rotatable bonds is 12. The van der Waals surface area contributed by atoms with Gasteiger partial charge < -0.3 is 34.5 Å². The monoisotopic (exact) mass is 559 g/mol. The topological polar surface area (TPSA) is 164 Å². The third kappa shape index (κ3) is 7.23. The first-order chi connectivity index (χ1) is 19.9. The Balaban J connectivity index is 1.56. The molecule has 0 amide bonds. The summed E-state index contributed by atoms with van der Waals surface area (Å²) >= 11 is 0. The van der Waals surface area contributed by atoms with Crippen molar-refractivity contribution in [3.05, 3.63) is 71.8 Å². The van der Waals surface area contributed by atoms with Crippen LogP contribution in [0.25, 0.3) is 0 Å². The van der Waals surface area contributed by atoms with Crippen LogP contribution in [0.2, 0.25) is 0 Å². The fraction of sp³-hybridized carbons (Fsp3) is 0.143. The van der Waals surface area contributed by atoms with Gasteiger partial charge in [0.1, 0.15) is 5.82 Å². The first kappa shape index (κ1) is 28.3. The summed E-state index contributed by atoms with van der Waals surface area (Å²) in [5, 5.41) is 32.0. The number of anilines is 4. The molecule has 0 radical (unpaired) electrons. The molecule has 0 unspecified atom stereocenters. The molecule has 41 heavy (non-hydrogen) atoms. The normalized spacial score (nSPS) is 10.9. The minimum atomic E-state index is -0.0919. The molecule has 4 rings (SSSR count). The molecule has 0 spiro atoms. The van der Waals surface area contributed by atoms with Crippen LogP contribution in [0.5, 0.6) is 34.5 Å². The van der Waals surface area contributed by atoms with Crippen LogP contribution in [0, 0.1) is 0 Å². The van der Waals surface area contributed by atoms with Crippen molar-refractivity contribution in [2.45, 2.75) is 0 Å². The molecule has 1 aromatic heterocycles. The lowest BCUT2D eigenvalue weighted by Crippen LogP contribution is -2.04. The average molecular weight is 560 g/mol. The number of ether oxygens (including phenoxy) is 4. The molecule has 212 valence electrons. The first-order valence-corrected chi connectivity index (χ1v) is 12.1. The fourth-order valence-corrected chi connectivity index (χ4v) is 3.70. The van der Waals surface area contributed by atoms with E-state index in [4.69, 9.17) is 18.9 Å². The highest BCUT2D eigenvalue weighted by molar-refractivity contribution is 5.83. The maximum Gasteiger partial charge on any atom is 0.247 e. The number of methoxy groups -OCH3 is 4. The number of phenols is 2. The lowest BCUT2D eigenvalue weighted by atomic mass is 10.2. The van der Waals surface area contributed by atoms with Gasteiger partial charge in [0, 0.05) is 22.9 Å². The summed E-state index contributed by atoms with van der Waals surface area (Å²) in [6.45, 7) is 0. The molecule has 0 aliphatic rings. The summed E-state index contributed by atoms with van der Waals surface area (Å²) in [4.78, 5) is 8.87. The van der Waals surface area contributed by atoms with E-state index in [0.29, 0.717) is 34.3 Å². The Bertz CT molecular complexity index is 1460. The number of hydrogen-bond donors (Lipinski definition) is 5. The highest BCUT2D eigenvalue weighted by Crippen LogP contribution is 2.37. The van der Waals surface area contributed by atoms with Crippen molar-refractivity contribution in [2.75, 3.05) is 44.6 Å². The zero-order valence-electron chi connectivity index (χ0n) is 22.7. The summed E-state index contributed by atoms with van der Waals surface area (Å²) in [7, 11) is 5.83. The summed E-state index contributed by atoms with van der Waals surface area (Å²) < 4.78 is 20.8. The smallest absolute Gasteiger partial charge is 0.247 e. The van der Waals surface area contributed by atoms with Crippen LogP contribution in [0.1, 0.15) is 11.1 Å². The highest BCUT2D eigenvalue weighted by atomic mass is 16.5. The van der Waals surface area contributed by atoms with E-state index in [1.165, 1.54) is 53.0 Å². The van der Waals surface area contributed by atoms with Crippen LogP contribution >= 0.6 is 0 Å². The van der Waals surface area contributed by atoms with Gasteiger partial charge in [-0.05, 0) is 36.4 Å². The Morgan fingerprint density at radius 3 is 1.73 bits per heavy atom. The van der Waals surface area contributed by atoms with Gasteiger partial charge in [-0.1, -0.05) is 18.2 Å². The third-order valence-corrected chi connectivity index (χ3v) is 5.51. The molecule has 5 N–H and O–H groups in total. The van der Waals surface area contributed by atoms with Crippen molar-refractivity contribution in [1.82, 2.24) is 9.97 Å². The van der Waals surface area contributed by atoms with Gasteiger partial charge in [-0.15, -0.1) is 0 Å². The van der Waals surface area contributed by atoms with Gasteiger partial charge in [-0.3, -0.25) is 5.43 Å². The molecule has 0 bridgehead atoms. The van der Waals surface area contributed by atoms with Crippen LogP contribution < -0.4 is 35.1 Å². The summed E-state index contributed by atoms with van der Waals surface area (Å²) in [5.74, 6) is 1.96. The van der Waals surface area contributed by atoms with Crippen molar-refractivity contribution in [3.8, 4) is 34.5 Å². The lowest BCUT2D eigenvalue weighted by Gasteiger charge is -2.11.